The molecule has 0 saturated carbocycles. The van der Waals surface area contributed by atoms with Gasteiger partial charge in [0.25, 0.3) is 0 Å². The van der Waals surface area contributed by atoms with Crippen LogP contribution in [0.15, 0.2) is 36.4 Å². The number of aromatic nitrogens is 1. The molecule has 1 spiro atoms. The number of sulfonamides is 1. The van der Waals surface area contributed by atoms with Crippen molar-refractivity contribution in [3.05, 3.63) is 53.2 Å². The zero-order chi connectivity index (χ0) is 25.2. The minimum atomic E-state index is -3.29. The molecule has 0 amide bonds. The molecule has 10 heteroatoms. The Morgan fingerprint density at radius 2 is 1.89 bits per heavy atom. The Hall–Kier alpha value is -2.79. The highest BCUT2D eigenvalue weighted by Crippen LogP contribution is 2.50. The number of aryl methyl sites for hydroxylation is 1. The van der Waals surface area contributed by atoms with E-state index in [9.17, 15) is 13.5 Å². The van der Waals surface area contributed by atoms with Crippen molar-refractivity contribution < 1.29 is 27.7 Å². The molecule has 36 heavy (non-hydrogen) atoms. The Morgan fingerprint density at radius 3 is 2.61 bits per heavy atom. The first-order valence-electron chi connectivity index (χ1n) is 12.2. The van der Waals surface area contributed by atoms with E-state index >= 15 is 0 Å². The lowest BCUT2D eigenvalue weighted by atomic mass is 9.70. The monoisotopic (exact) mass is 513 g/mol. The number of rotatable bonds is 6. The van der Waals surface area contributed by atoms with Gasteiger partial charge in [0, 0.05) is 55.8 Å². The number of ether oxygens (including phenoxy) is 3. The zero-order valence-corrected chi connectivity index (χ0v) is 21.5. The molecule has 0 unspecified atom stereocenters. The SMILES string of the molecule is CCS(=O)(=O)N1CC2(CN(Cc3ccc4c(c3)OCO4)[C@@H](CO)c3c2c2ccc(OC)cc2n3C)C1. The molecular formula is C26H31N3O6S. The lowest BCUT2D eigenvalue weighted by Gasteiger charge is -2.55. The quantitative estimate of drug-likeness (QED) is 0.541. The molecule has 6 rings (SSSR count). The number of benzene rings is 2. The van der Waals surface area contributed by atoms with Crippen molar-refractivity contribution in [1.29, 1.82) is 0 Å². The Morgan fingerprint density at radius 1 is 1.11 bits per heavy atom. The summed E-state index contributed by atoms with van der Waals surface area (Å²) < 4.78 is 45.7. The van der Waals surface area contributed by atoms with Crippen molar-refractivity contribution in [3.63, 3.8) is 0 Å². The van der Waals surface area contributed by atoms with Gasteiger partial charge in [-0.1, -0.05) is 6.07 Å². The van der Waals surface area contributed by atoms with Crippen LogP contribution in [0.5, 0.6) is 17.2 Å². The van der Waals surface area contributed by atoms with Crippen molar-refractivity contribution in [2.45, 2.75) is 24.9 Å². The molecule has 1 atom stereocenters. The summed E-state index contributed by atoms with van der Waals surface area (Å²) in [5.41, 5.74) is 3.87. The van der Waals surface area contributed by atoms with Gasteiger partial charge in [-0.15, -0.1) is 0 Å². The molecule has 1 fully saturated rings. The van der Waals surface area contributed by atoms with E-state index in [0.29, 0.717) is 26.2 Å². The fourth-order valence-corrected chi connectivity index (χ4v) is 7.42. The second-order valence-corrected chi connectivity index (χ2v) is 12.2. The Bertz CT molecular complexity index is 1440. The van der Waals surface area contributed by atoms with Gasteiger partial charge in [0.1, 0.15) is 5.75 Å². The van der Waals surface area contributed by atoms with E-state index in [2.05, 4.69) is 15.5 Å². The molecule has 1 saturated heterocycles. The van der Waals surface area contributed by atoms with E-state index in [1.54, 1.807) is 18.3 Å². The normalized spacial score (nSPS) is 21.1. The summed E-state index contributed by atoms with van der Waals surface area (Å²) in [6.07, 6.45) is 0. The van der Waals surface area contributed by atoms with Crippen molar-refractivity contribution >= 4 is 20.9 Å². The maximum absolute atomic E-state index is 12.7. The number of aliphatic hydroxyl groups excluding tert-OH is 1. The Labute approximate surface area is 210 Å². The molecular weight excluding hydrogens is 482 g/mol. The van der Waals surface area contributed by atoms with Crippen molar-refractivity contribution in [2.75, 3.05) is 45.9 Å². The van der Waals surface area contributed by atoms with Gasteiger partial charge in [-0.25, -0.2) is 8.42 Å². The average Bonchev–Trinajstić information content (AvgIpc) is 3.44. The fourth-order valence-electron chi connectivity index (χ4n) is 6.17. The second kappa shape index (κ2) is 8.37. The highest BCUT2D eigenvalue weighted by atomic mass is 32.2. The maximum Gasteiger partial charge on any atom is 0.231 e. The van der Waals surface area contributed by atoms with Gasteiger partial charge in [-0.3, -0.25) is 4.90 Å². The number of hydrogen-bond donors (Lipinski definition) is 1. The molecule has 0 radical (unpaired) electrons. The number of nitrogens with zero attached hydrogens (tertiary/aromatic N) is 3. The van der Waals surface area contributed by atoms with Crippen LogP contribution in [0, 0.1) is 0 Å². The van der Waals surface area contributed by atoms with Crippen LogP contribution in [0.25, 0.3) is 10.9 Å². The molecule has 2 aromatic carbocycles. The average molecular weight is 514 g/mol. The first-order chi connectivity index (χ1) is 17.3. The lowest BCUT2D eigenvalue weighted by Crippen LogP contribution is -2.67. The third-order valence-corrected chi connectivity index (χ3v) is 9.73. The summed E-state index contributed by atoms with van der Waals surface area (Å²) in [5.74, 6) is 2.30. The van der Waals surface area contributed by atoms with E-state index in [0.717, 1.165) is 45.0 Å². The van der Waals surface area contributed by atoms with Crippen molar-refractivity contribution in [3.8, 4) is 17.2 Å². The van der Waals surface area contributed by atoms with Crippen LogP contribution in [-0.2, 0) is 29.0 Å². The molecule has 9 nitrogen and oxygen atoms in total. The summed E-state index contributed by atoms with van der Waals surface area (Å²) in [6, 6.07) is 11.7. The molecule has 1 N–H and O–H groups in total. The predicted octanol–water partition coefficient (Wildman–Crippen LogP) is 2.37. The highest BCUT2D eigenvalue weighted by Gasteiger charge is 2.55. The van der Waals surface area contributed by atoms with Crippen LogP contribution in [0.3, 0.4) is 0 Å². The van der Waals surface area contributed by atoms with E-state index in [1.807, 2.05) is 37.4 Å². The Balaban J connectivity index is 1.46. The van der Waals surface area contributed by atoms with Crippen LogP contribution in [-0.4, -0.2) is 73.2 Å². The zero-order valence-electron chi connectivity index (χ0n) is 20.7. The molecule has 192 valence electrons. The largest absolute Gasteiger partial charge is 0.497 e. The number of fused-ring (bicyclic) bond motifs is 5. The highest BCUT2D eigenvalue weighted by molar-refractivity contribution is 7.89. The van der Waals surface area contributed by atoms with Crippen LogP contribution in [0.4, 0.5) is 0 Å². The van der Waals surface area contributed by atoms with Crippen LogP contribution < -0.4 is 14.2 Å². The summed E-state index contributed by atoms with van der Waals surface area (Å²) in [6.45, 7) is 3.94. The predicted molar refractivity (Wildman–Crippen MR) is 135 cm³/mol. The van der Waals surface area contributed by atoms with Crippen LogP contribution in [0.2, 0.25) is 0 Å². The van der Waals surface area contributed by atoms with Gasteiger partial charge in [-0.05, 0) is 42.3 Å². The minimum Gasteiger partial charge on any atom is -0.497 e. The van der Waals surface area contributed by atoms with Gasteiger partial charge >= 0.3 is 0 Å². The fraction of sp³-hybridized carbons (Fsp3) is 0.462. The lowest BCUT2D eigenvalue weighted by molar-refractivity contribution is 0.0242. The van der Waals surface area contributed by atoms with Gasteiger partial charge < -0.3 is 23.9 Å². The molecule has 0 aliphatic carbocycles. The maximum atomic E-state index is 12.7. The molecule has 3 aliphatic rings. The smallest absolute Gasteiger partial charge is 0.231 e. The first kappa shape index (κ1) is 23.6. The topological polar surface area (TPSA) is 93.5 Å². The van der Waals surface area contributed by atoms with Crippen molar-refractivity contribution in [2.24, 2.45) is 7.05 Å². The third kappa shape index (κ3) is 3.42. The molecule has 3 aliphatic heterocycles. The van der Waals surface area contributed by atoms with Gasteiger partial charge in [0.05, 0.1) is 31.0 Å². The minimum absolute atomic E-state index is 0.0497. The summed E-state index contributed by atoms with van der Waals surface area (Å²) in [7, 11) is 0.371. The molecule has 0 bridgehead atoms. The second-order valence-electron chi connectivity index (χ2n) is 9.94. The molecule has 1 aromatic heterocycles. The van der Waals surface area contributed by atoms with Gasteiger partial charge in [0.2, 0.25) is 16.8 Å². The molecule has 4 heterocycles. The summed E-state index contributed by atoms with van der Waals surface area (Å²) in [5, 5.41) is 11.7. The van der Waals surface area contributed by atoms with Gasteiger partial charge in [0.15, 0.2) is 11.5 Å². The van der Waals surface area contributed by atoms with E-state index in [-0.39, 0.29) is 30.6 Å². The molecule has 3 aromatic rings. The van der Waals surface area contributed by atoms with E-state index in [4.69, 9.17) is 14.2 Å². The first-order valence-corrected chi connectivity index (χ1v) is 13.8. The van der Waals surface area contributed by atoms with Crippen LogP contribution >= 0.6 is 0 Å². The standard InChI is InChI=1S/C26H31N3O6S/c1-4-36(31,32)29-14-26(15-29)13-28(11-17-5-8-22-23(9-17)35-16-34-22)21(12-30)25-24(26)19-7-6-18(33-3)10-20(19)27(25)2/h5-10,21,30H,4,11-16H2,1-3H3/t21-/m0/s1. The van der Waals surface area contributed by atoms with Crippen molar-refractivity contribution in [1.82, 2.24) is 13.8 Å². The van der Waals surface area contributed by atoms with E-state index < -0.39 is 10.0 Å². The Kier molecular flexibility index (Phi) is 5.49. The number of hydrogen-bond acceptors (Lipinski definition) is 7. The van der Waals surface area contributed by atoms with Crippen LogP contribution in [0.1, 0.15) is 29.8 Å². The summed E-state index contributed by atoms with van der Waals surface area (Å²) >= 11 is 0. The van der Waals surface area contributed by atoms with Gasteiger partial charge in [-0.2, -0.15) is 4.31 Å². The summed E-state index contributed by atoms with van der Waals surface area (Å²) in [4.78, 5) is 2.27. The van der Waals surface area contributed by atoms with E-state index in [1.165, 1.54) is 0 Å². The third-order valence-electron chi connectivity index (χ3n) is 7.96. The number of aliphatic hydroxyl groups is 1. The number of methoxy groups -OCH3 is 1.